The second-order valence-corrected chi connectivity index (χ2v) is 5.97. The first kappa shape index (κ1) is 14.8. The lowest BCUT2D eigenvalue weighted by Crippen LogP contribution is -2.29. The maximum absolute atomic E-state index is 5.48. The third-order valence-corrected chi connectivity index (χ3v) is 4.32. The van der Waals surface area contributed by atoms with Gasteiger partial charge >= 0.3 is 0 Å². The highest BCUT2D eigenvalue weighted by Crippen LogP contribution is 2.24. The summed E-state index contributed by atoms with van der Waals surface area (Å²) in [5.41, 5.74) is 0. The predicted molar refractivity (Wildman–Crippen MR) is 77.7 cm³/mol. The van der Waals surface area contributed by atoms with Gasteiger partial charge in [0, 0.05) is 31.9 Å². The van der Waals surface area contributed by atoms with Gasteiger partial charge in [-0.05, 0) is 25.8 Å². The topological polar surface area (TPSA) is 52.0 Å². The average molecular weight is 284 g/mol. The van der Waals surface area contributed by atoms with Crippen molar-refractivity contribution in [2.24, 2.45) is 7.05 Å². The van der Waals surface area contributed by atoms with Crippen LogP contribution >= 0.6 is 11.8 Å². The Morgan fingerprint density at radius 2 is 2.32 bits per heavy atom. The van der Waals surface area contributed by atoms with Gasteiger partial charge in [0.05, 0.1) is 6.61 Å². The van der Waals surface area contributed by atoms with Crippen LogP contribution in [0.3, 0.4) is 0 Å². The molecule has 108 valence electrons. The van der Waals surface area contributed by atoms with Crippen LogP contribution in [-0.4, -0.2) is 46.8 Å². The van der Waals surface area contributed by atoms with E-state index in [-0.39, 0.29) is 0 Å². The van der Waals surface area contributed by atoms with Crippen molar-refractivity contribution in [3.63, 3.8) is 0 Å². The maximum atomic E-state index is 5.48. The van der Waals surface area contributed by atoms with Crippen LogP contribution in [0, 0.1) is 0 Å². The fourth-order valence-electron chi connectivity index (χ4n) is 2.32. The van der Waals surface area contributed by atoms with Gasteiger partial charge in [0.25, 0.3) is 0 Å². The van der Waals surface area contributed by atoms with E-state index in [9.17, 15) is 0 Å². The minimum absolute atomic E-state index is 0.511. The normalized spacial score (nSPS) is 19.8. The van der Waals surface area contributed by atoms with Crippen molar-refractivity contribution < 1.29 is 4.74 Å². The lowest BCUT2D eigenvalue weighted by Gasteiger charge is -2.21. The van der Waals surface area contributed by atoms with Crippen molar-refractivity contribution in [3.05, 3.63) is 5.82 Å². The first-order chi connectivity index (χ1) is 9.33. The molecule has 1 aromatic heterocycles. The fourth-order valence-corrected chi connectivity index (χ4v) is 3.09. The standard InChI is InChI=1S/C13H24N4OS/c1-3-7-18-8-9-19-13-16-15-12(17(13)2)11-5-4-6-14-10-11/h11,14H,3-10H2,1-2H3. The lowest BCUT2D eigenvalue weighted by atomic mass is 9.99. The van der Waals surface area contributed by atoms with Crippen LogP contribution in [0.25, 0.3) is 0 Å². The SMILES string of the molecule is CCCOCCSc1nnc(C2CCCNC2)n1C. The molecule has 0 bridgehead atoms. The summed E-state index contributed by atoms with van der Waals surface area (Å²) in [4.78, 5) is 0. The Hall–Kier alpha value is -0.590. The minimum Gasteiger partial charge on any atom is -0.381 e. The molecule has 1 saturated heterocycles. The summed E-state index contributed by atoms with van der Waals surface area (Å²) < 4.78 is 7.62. The van der Waals surface area contributed by atoms with Gasteiger partial charge in [0.1, 0.15) is 5.82 Å². The highest BCUT2D eigenvalue weighted by Gasteiger charge is 2.21. The minimum atomic E-state index is 0.511. The van der Waals surface area contributed by atoms with E-state index < -0.39 is 0 Å². The van der Waals surface area contributed by atoms with Gasteiger partial charge in [-0.3, -0.25) is 0 Å². The van der Waals surface area contributed by atoms with Crippen molar-refractivity contribution in [2.75, 3.05) is 32.1 Å². The summed E-state index contributed by atoms with van der Waals surface area (Å²) in [5, 5.41) is 13.1. The van der Waals surface area contributed by atoms with Gasteiger partial charge < -0.3 is 14.6 Å². The van der Waals surface area contributed by atoms with Crippen LogP contribution in [0.4, 0.5) is 0 Å². The smallest absolute Gasteiger partial charge is 0.191 e. The number of aromatic nitrogens is 3. The Morgan fingerprint density at radius 1 is 1.42 bits per heavy atom. The predicted octanol–water partition coefficient (Wildman–Crippen LogP) is 1.80. The molecule has 1 unspecified atom stereocenters. The molecule has 1 fully saturated rings. The number of rotatable bonds is 7. The molecule has 1 aromatic rings. The van der Waals surface area contributed by atoms with Crippen LogP contribution in [-0.2, 0) is 11.8 Å². The summed E-state index contributed by atoms with van der Waals surface area (Å²) in [6, 6.07) is 0. The van der Waals surface area contributed by atoms with Crippen molar-refractivity contribution in [1.82, 2.24) is 20.1 Å². The molecule has 0 saturated carbocycles. The molecule has 6 heteroatoms. The zero-order valence-electron chi connectivity index (χ0n) is 11.9. The summed E-state index contributed by atoms with van der Waals surface area (Å²) in [7, 11) is 2.07. The Bertz CT molecular complexity index is 377. The number of hydrogen-bond donors (Lipinski definition) is 1. The Labute approximate surface area is 119 Å². The van der Waals surface area contributed by atoms with Gasteiger partial charge in [0.15, 0.2) is 5.16 Å². The van der Waals surface area contributed by atoms with E-state index in [1.807, 2.05) is 0 Å². The highest BCUT2D eigenvalue weighted by atomic mass is 32.2. The van der Waals surface area contributed by atoms with E-state index in [0.717, 1.165) is 49.5 Å². The van der Waals surface area contributed by atoms with Crippen molar-refractivity contribution in [3.8, 4) is 0 Å². The summed E-state index contributed by atoms with van der Waals surface area (Å²) >= 11 is 1.73. The molecule has 0 radical (unpaired) electrons. The average Bonchev–Trinajstić information content (AvgIpc) is 2.81. The first-order valence-corrected chi connectivity index (χ1v) is 8.12. The third-order valence-electron chi connectivity index (χ3n) is 3.34. The van der Waals surface area contributed by atoms with Crippen molar-refractivity contribution in [1.29, 1.82) is 0 Å². The summed E-state index contributed by atoms with van der Waals surface area (Å²) in [6.07, 6.45) is 3.52. The van der Waals surface area contributed by atoms with Gasteiger partial charge in [-0.2, -0.15) is 0 Å². The number of thioether (sulfide) groups is 1. The molecule has 1 aliphatic rings. The molecule has 1 atom stereocenters. The maximum Gasteiger partial charge on any atom is 0.191 e. The third kappa shape index (κ3) is 4.19. The molecule has 0 aromatic carbocycles. The van der Waals surface area contributed by atoms with Gasteiger partial charge in [-0.25, -0.2) is 0 Å². The molecule has 5 nitrogen and oxygen atoms in total. The van der Waals surface area contributed by atoms with E-state index in [1.165, 1.54) is 12.8 Å². The monoisotopic (exact) mass is 284 g/mol. The quantitative estimate of drug-likeness (QED) is 0.611. The van der Waals surface area contributed by atoms with Crippen LogP contribution in [0.1, 0.15) is 37.9 Å². The number of nitrogens with one attached hydrogen (secondary N) is 1. The van der Waals surface area contributed by atoms with Gasteiger partial charge in [0.2, 0.25) is 0 Å². The Balaban J connectivity index is 1.83. The number of nitrogens with zero attached hydrogens (tertiary/aromatic N) is 3. The zero-order valence-corrected chi connectivity index (χ0v) is 12.7. The van der Waals surface area contributed by atoms with E-state index in [1.54, 1.807) is 11.8 Å². The molecule has 0 aliphatic carbocycles. The van der Waals surface area contributed by atoms with Crippen molar-refractivity contribution >= 4 is 11.8 Å². The second kappa shape index (κ2) is 7.87. The van der Waals surface area contributed by atoms with E-state index >= 15 is 0 Å². The molecule has 2 heterocycles. The summed E-state index contributed by atoms with van der Waals surface area (Å²) in [6.45, 7) is 5.91. The molecular formula is C13H24N4OS. The van der Waals surface area contributed by atoms with Crippen LogP contribution in [0.5, 0.6) is 0 Å². The van der Waals surface area contributed by atoms with E-state index in [2.05, 4.69) is 34.1 Å². The molecular weight excluding hydrogens is 260 g/mol. The number of piperidine rings is 1. The molecule has 2 rings (SSSR count). The number of ether oxygens (including phenoxy) is 1. The largest absolute Gasteiger partial charge is 0.381 e. The Morgan fingerprint density at radius 3 is 3.05 bits per heavy atom. The summed E-state index contributed by atoms with van der Waals surface area (Å²) in [5.74, 6) is 2.57. The molecule has 1 aliphatic heterocycles. The molecule has 19 heavy (non-hydrogen) atoms. The molecule has 0 amide bonds. The van der Waals surface area contributed by atoms with Gasteiger partial charge in [-0.15, -0.1) is 10.2 Å². The van der Waals surface area contributed by atoms with E-state index in [0.29, 0.717) is 5.92 Å². The van der Waals surface area contributed by atoms with Crippen molar-refractivity contribution in [2.45, 2.75) is 37.3 Å². The van der Waals surface area contributed by atoms with Crippen LogP contribution in [0.15, 0.2) is 5.16 Å². The van der Waals surface area contributed by atoms with Crippen LogP contribution in [0.2, 0.25) is 0 Å². The van der Waals surface area contributed by atoms with E-state index in [4.69, 9.17) is 4.74 Å². The number of hydrogen-bond acceptors (Lipinski definition) is 5. The second-order valence-electron chi connectivity index (χ2n) is 4.90. The van der Waals surface area contributed by atoms with Crippen LogP contribution < -0.4 is 5.32 Å². The first-order valence-electron chi connectivity index (χ1n) is 7.13. The highest BCUT2D eigenvalue weighted by molar-refractivity contribution is 7.99. The molecule has 0 spiro atoms. The zero-order chi connectivity index (χ0) is 13.5. The molecule has 1 N–H and O–H groups in total. The van der Waals surface area contributed by atoms with Gasteiger partial charge in [-0.1, -0.05) is 18.7 Å². The fraction of sp³-hybridized carbons (Fsp3) is 0.846. The lowest BCUT2D eigenvalue weighted by molar-refractivity contribution is 0.151. The Kier molecular flexibility index (Phi) is 6.13.